The summed E-state index contributed by atoms with van der Waals surface area (Å²) in [4.78, 5) is 14.4. The number of carbonyl (C=O) groups excluding carboxylic acids is 1. The molecule has 132 valence electrons. The Kier molecular flexibility index (Phi) is 11.3. The van der Waals surface area contributed by atoms with E-state index in [1.165, 1.54) is 0 Å². The van der Waals surface area contributed by atoms with Crippen LogP contribution < -0.4 is 10.5 Å². The fourth-order valence-electron chi connectivity index (χ4n) is 2.04. The summed E-state index contributed by atoms with van der Waals surface area (Å²) in [6.45, 7) is 9.84. The highest BCUT2D eigenvalue weighted by Gasteiger charge is 2.15. The summed E-state index contributed by atoms with van der Waals surface area (Å²) in [5.41, 5.74) is 6.78. The van der Waals surface area contributed by atoms with E-state index in [-0.39, 0.29) is 18.4 Å². The van der Waals surface area contributed by atoms with Gasteiger partial charge in [0.25, 0.3) is 0 Å². The average Bonchev–Trinajstić information content (AvgIpc) is 2.52. The van der Waals surface area contributed by atoms with Crippen molar-refractivity contribution in [1.29, 1.82) is 0 Å². The fraction of sp³-hybridized carbons (Fsp3) is 0.588. The minimum Gasteiger partial charge on any atom is -0.493 e. The first kappa shape index (κ1) is 21.5. The topological polar surface area (TPSA) is 64.8 Å². The van der Waals surface area contributed by atoms with Crippen molar-refractivity contribution in [3.05, 3.63) is 23.8 Å². The van der Waals surface area contributed by atoms with Crippen molar-refractivity contribution in [3.63, 3.8) is 0 Å². The third-order valence-electron chi connectivity index (χ3n) is 3.52. The van der Waals surface area contributed by atoms with E-state index >= 15 is 0 Å². The number of likely N-dealkylation sites (N-methyl/N-ethyl adjacent to an activating group) is 1. The van der Waals surface area contributed by atoms with Crippen LogP contribution in [0.15, 0.2) is 18.2 Å². The van der Waals surface area contributed by atoms with Gasteiger partial charge >= 0.3 is 5.97 Å². The zero-order chi connectivity index (χ0) is 16.4. The molecule has 23 heavy (non-hydrogen) atoms. The van der Waals surface area contributed by atoms with Crippen molar-refractivity contribution < 1.29 is 14.3 Å². The number of unbranched alkanes of at least 4 members (excludes halogenated alkanes) is 1. The molecule has 0 saturated carbocycles. The molecule has 1 aromatic carbocycles. The lowest BCUT2D eigenvalue weighted by Crippen LogP contribution is -2.28. The van der Waals surface area contributed by atoms with E-state index < -0.39 is 0 Å². The van der Waals surface area contributed by atoms with Gasteiger partial charge in [-0.05, 0) is 31.6 Å². The first-order valence-electron chi connectivity index (χ1n) is 8.04. The maximum atomic E-state index is 12.2. The summed E-state index contributed by atoms with van der Waals surface area (Å²) >= 11 is 0. The first-order chi connectivity index (χ1) is 10.6. The highest BCUT2D eigenvalue weighted by atomic mass is 35.5. The molecule has 0 aromatic heterocycles. The van der Waals surface area contributed by atoms with Gasteiger partial charge in [0.2, 0.25) is 0 Å². The van der Waals surface area contributed by atoms with Gasteiger partial charge in [0.15, 0.2) is 0 Å². The van der Waals surface area contributed by atoms with Gasteiger partial charge in [-0.25, -0.2) is 4.79 Å². The molecule has 6 heteroatoms. The SMILES string of the molecule is CCCCOc1cc(N)ccc1C(=O)OCCN(CC)CC.Cl. The molecule has 0 aliphatic heterocycles. The lowest BCUT2D eigenvalue weighted by molar-refractivity contribution is 0.0462. The van der Waals surface area contributed by atoms with Crippen LogP contribution in [0.4, 0.5) is 5.69 Å². The van der Waals surface area contributed by atoms with E-state index in [1.54, 1.807) is 18.2 Å². The summed E-state index contributed by atoms with van der Waals surface area (Å²) < 4.78 is 11.0. The van der Waals surface area contributed by atoms with E-state index in [2.05, 4.69) is 25.7 Å². The number of hydrogen-bond donors (Lipinski definition) is 1. The monoisotopic (exact) mass is 344 g/mol. The summed E-state index contributed by atoms with van der Waals surface area (Å²) in [6.07, 6.45) is 1.97. The number of anilines is 1. The molecule has 0 unspecified atom stereocenters. The Morgan fingerprint density at radius 1 is 1.17 bits per heavy atom. The molecule has 0 amide bonds. The summed E-state index contributed by atoms with van der Waals surface area (Å²) in [7, 11) is 0. The van der Waals surface area contributed by atoms with E-state index in [4.69, 9.17) is 15.2 Å². The molecule has 5 nitrogen and oxygen atoms in total. The van der Waals surface area contributed by atoms with Crippen molar-refractivity contribution in [2.24, 2.45) is 0 Å². The number of ether oxygens (including phenoxy) is 2. The van der Waals surface area contributed by atoms with Crippen molar-refractivity contribution >= 4 is 24.1 Å². The van der Waals surface area contributed by atoms with Gasteiger partial charge in [-0.2, -0.15) is 0 Å². The van der Waals surface area contributed by atoms with Gasteiger partial charge in [0, 0.05) is 18.3 Å². The van der Waals surface area contributed by atoms with Gasteiger partial charge in [-0.1, -0.05) is 27.2 Å². The summed E-state index contributed by atoms with van der Waals surface area (Å²) in [5.74, 6) is 0.139. The third-order valence-corrected chi connectivity index (χ3v) is 3.52. The number of nitrogen functional groups attached to an aromatic ring is 1. The second-order valence-electron chi connectivity index (χ2n) is 5.12. The molecule has 0 bridgehead atoms. The molecule has 1 rings (SSSR count). The number of hydrogen-bond acceptors (Lipinski definition) is 5. The van der Waals surface area contributed by atoms with Crippen molar-refractivity contribution in [1.82, 2.24) is 4.90 Å². The Hall–Kier alpha value is -1.46. The molecule has 0 radical (unpaired) electrons. The minimum absolute atomic E-state index is 0. The molecule has 1 aromatic rings. The first-order valence-corrected chi connectivity index (χ1v) is 8.04. The van der Waals surface area contributed by atoms with E-state index in [0.29, 0.717) is 30.2 Å². The molecular weight excluding hydrogens is 316 g/mol. The van der Waals surface area contributed by atoms with Crippen LogP contribution in [-0.2, 0) is 4.74 Å². The summed E-state index contributed by atoms with van der Waals surface area (Å²) in [5, 5.41) is 0. The van der Waals surface area contributed by atoms with E-state index in [9.17, 15) is 4.79 Å². The Morgan fingerprint density at radius 2 is 1.87 bits per heavy atom. The maximum absolute atomic E-state index is 12.2. The zero-order valence-electron chi connectivity index (χ0n) is 14.3. The second kappa shape index (κ2) is 12.0. The molecule has 0 aliphatic rings. The van der Waals surface area contributed by atoms with Crippen LogP contribution in [0.3, 0.4) is 0 Å². The molecule has 0 spiro atoms. The van der Waals surface area contributed by atoms with Crippen LogP contribution >= 0.6 is 12.4 Å². The minimum atomic E-state index is -0.362. The molecule has 0 atom stereocenters. The number of esters is 1. The Bertz CT molecular complexity index is 465. The number of nitrogens with zero attached hydrogens (tertiary/aromatic N) is 1. The number of benzene rings is 1. The lowest BCUT2D eigenvalue weighted by Gasteiger charge is -2.18. The van der Waals surface area contributed by atoms with Gasteiger partial charge in [0.05, 0.1) is 6.61 Å². The van der Waals surface area contributed by atoms with Crippen LogP contribution in [0.5, 0.6) is 5.75 Å². The number of carbonyl (C=O) groups is 1. The highest BCUT2D eigenvalue weighted by Crippen LogP contribution is 2.23. The van der Waals surface area contributed by atoms with Crippen molar-refractivity contribution in [2.75, 3.05) is 38.6 Å². The van der Waals surface area contributed by atoms with Crippen LogP contribution in [0.2, 0.25) is 0 Å². The predicted molar refractivity (Wildman–Crippen MR) is 96.6 cm³/mol. The fourth-order valence-corrected chi connectivity index (χ4v) is 2.04. The van der Waals surface area contributed by atoms with Gasteiger partial charge < -0.3 is 20.1 Å². The normalized spacial score (nSPS) is 10.3. The third kappa shape index (κ3) is 7.57. The van der Waals surface area contributed by atoms with Crippen molar-refractivity contribution in [3.8, 4) is 5.75 Å². The highest BCUT2D eigenvalue weighted by molar-refractivity contribution is 5.93. The Morgan fingerprint density at radius 3 is 2.48 bits per heavy atom. The molecule has 0 fully saturated rings. The molecule has 0 saturated heterocycles. The molecular formula is C17H29ClN2O3. The maximum Gasteiger partial charge on any atom is 0.341 e. The number of rotatable bonds is 10. The molecule has 0 heterocycles. The molecule has 2 N–H and O–H groups in total. The van der Waals surface area contributed by atoms with Crippen LogP contribution in [-0.4, -0.2) is 43.7 Å². The number of nitrogens with two attached hydrogens (primary N) is 1. The quantitative estimate of drug-likeness (QED) is 0.400. The average molecular weight is 345 g/mol. The largest absolute Gasteiger partial charge is 0.493 e. The standard InChI is InChI=1S/C17H28N2O3.ClH/c1-4-7-11-21-16-13-14(18)8-9-15(16)17(20)22-12-10-19(5-2)6-3;/h8-9,13H,4-7,10-12,18H2,1-3H3;1H. The second-order valence-corrected chi connectivity index (χ2v) is 5.12. The zero-order valence-corrected chi connectivity index (χ0v) is 15.2. The van der Waals surface area contributed by atoms with Crippen LogP contribution in [0.25, 0.3) is 0 Å². The van der Waals surface area contributed by atoms with Crippen LogP contribution in [0.1, 0.15) is 44.0 Å². The summed E-state index contributed by atoms with van der Waals surface area (Å²) in [6, 6.07) is 5.03. The van der Waals surface area contributed by atoms with E-state index in [1.807, 2.05) is 0 Å². The van der Waals surface area contributed by atoms with Gasteiger partial charge in [-0.15, -0.1) is 12.4 Å². The van der Waals surface area contributed by atoms with Crippen LogP contribution in [0, 0.1) is 0 Å². The van der Waals surface area contributed by atoms with Gasteiger partial charge in [-0.3, -0.25) is 0 Å². The van der Waals surface area contributed by atoms with Gasteiger partial charge in [0.1, 0.15) is 17.9 Å². The lowest BCUT2D eigenvalue weighted by atomic mass is 10.2. The Labute approximate surface area is 145 Å². The molecule has 0 aliphatic carbocycles. The van der Waals surface area contributed by atoms with Crippen molar-refractivity contribution in [2.45, 2.75) is 33.6 Å². The van der Waals surface area contributed by atoms with E-state index in [0.717, 1.165) is 32.5 Å². The smallest absolute Gasteiger partial charge is 0.341 e. The predicted octanol–water partition coefficient (Wildman–Crippen LogP) is 3.37. The Balaban J connectivity index is 0.00000484. The number of halogens is 1.